The first-order valence-electron chi connectivity index (χ1n) is 5.68. The molecule has 2 aromatic carbocycles. The van der Waals surface area contributed by atoms with Crippen molar-refractivity contribution in [1.82, 2.24) is 0 Å². The molecule has 0 N–H and O–H groups in total. The molecule has 0 heterocycles. The topological polar surface area (TPSA) is 18.5 Å². The lowest BCUT2D eigenvalue weighted by Crippen LogP contribution is -1.94. The van der Waals surface area contributed by atoms with E-state index in [1.54, 1.807) is 14.2 Å². The zero-order valence-corrected chi connectivity index (χ0v) is 11.6. The fraction of sp³-hybridized carbons (Fsp3) is 0.200. The molecule has 2 aromatic rings. The number of ether oxygens (including phenoxy) is 2. The van der Waals surface area contributed by atoms with Crippen molar-refractivity contribution in [3.63, 3.8) is 0 Å². The second-order valence-electron chi connectivity index (χ2n) is 4.04. The van der Waals surface area contributed by atoms with Crippen LogP contribution in [-0.2, 0) is 0 Å². The number of benzene rings is 2. The van der Waals surface area contributed by atoms with Crippen LogP contribution in [0.15, 0.2) is 41.3 Å². The normalized spacial score (nSPS) is 10.2. The molecule has 0 saturated carbocycles. The molecule has 0 radical (unpaired) electrons. The molecule has 0 atom stereocenters. The molecule has 2 rings (SSSR count). The summed E-state index contributed by atoms with van der Waals surface area (Å²) in [6.07, 6.45) is 0. The van der Waals surface area contributed by atoms with Gasteiger partial charge in [0.1, 0.15) is 11.5 Å². The molecule has 0 spiro atoms. The molecule has 3 heteroatoms. The monoisotopic (exact) mass is 260 g/mol. The van der Waals surface area contributed by atoms with E-state index in [9.17, 15) is 0 Å². The van der Waals surface area contributed by atoms with Gasteiger partial charge in [0, 0.05) is 4.90 Å². The lowest BCUT2D eigenvalue weighted by molar-refractivity contribution is 0.397. The van der Waals surface area contributed by atoms with E-state index < -0.39 is 0 Å². The van der Waals surface area contributed by atoms with Crippen molar-refractivity contribution in [2.24, 2.45) is 0 Å². The second kappa shape index (κ2) is 5.36. The van der Waals surface area contributed by atoms with Crippen LogP contribution >= 0.6 is 12.6 Å². The van der Waals surface area contributed by atoms with Crippen molar-refractivity contribution in [2.75, 3.05) is 14.2 Å². The first-order chi connectivity index (χ1) is 8.67. The van der Waals surface area contributed by atoms with Crippen molar-refractivity contribution >= 4 is 12.6 Å². The maximum absolute atomic E-state index is 5.43. The van der Waals surface area contributed by atoms with Gasteiger partial charge in [-0.05, 0) is 42.3 Å². The van der Waals surface area contributed by atoms with Crippen LogP contribution in [0.25, 0.3) is 11.1 Å². The maximum Gasteiger partial charge on any atom is 0.130 e. The van der Waals surface area contributed by atoms with Gasteiger partial charge in [0.15, 0.2) is 0 Å². The Labute approximate surface area is 113 Å². The quantitative estimate of drug-likeness (QED) is 0.842. The zero-order chi connectivity index (χ0) is 13.1. The minimum absolute atomic E-state index is 0.810. The summed E-state index contributed by atoms with van der Waals surface area (Å²) in [7, 11) is 3.33. The van der Waals surface area contributed by atoms with Crippen molar-refractivity contribution in [1.29, 1.82) is 0 Å². The average molecular weight is 260 g/mol. The summed E-state index contributed by atoms with van der Waals surface area (Å²) >= 11 is 4.35. The molecule has 0 aliphatic carbocycles. The highest BCUT2D eigenvalue weighted by molar-refractivity contribution is 7.80. The molecule has 0 aliphatic rings. The van der Waals surface area contributed by atoms with Gasteiger partial charge in [-0.25, -0.2) is 0 Å². The van der Waals surface area contributed by atoms with Crippen LogP contribution in [0.4, 0.5) is 0 Å². The Morgan fingerprint density at radius 2 is 1.56 bits per heavy atom. The Balaban J connectivity index is 2.68. The summed E-state index contributed by atoms with van der Waals surface area (Å²) in [4.78, 5) is 0.949. The van der Waals surface area contributed by atoms with Crippen LogP contribution < -0.4 is 9.47 Å². The number of hydrogen-bond donors (Lipinski definition) is 1. The molecular formula is C15H16O2S. The fourth-order valence-electron chi connectivity index (χ4n) is 2.05. The Hall–Kier alpha value is -1.61. The summed E-state index contributed by atoms with van der Waals surface area (Å²) in [5, 5.41) is 0. The number of aryl methyl sites for hydroxylation is 1. The van der Waals surface area contributed by atoms with Crippen LogP contribution in [0.1, 0.15) is 5.56 Å². The van der Waals surface area contributed by atoms with Gasteiger partial charge in [0.05, 0.1) is 19.8 Å². The Kier molecular flexibility index (Phi) is 3.82. The fourth-order valence-corrected chi connectivity index (χ4v) is 2.31. The molecule has 2 nitrogen and oxygen atoms in total. The molecule has 0 aliphatic heterocycles. The van der Waals surface area contributed by atoms with E-state index in [1.807, 2.05) is 36.4 Å². The summed E-state index contributed by atoms with van der Waals surface area (Å²) in [6, 6.07) is 11.8. The van der Waals surface area contributed by atoms with Gasteiger partial charge in [-0.15, -0.1) is 12.6 Å². The number of hydrogen-bond acceptors (Lipinski definition) is 3. The summed E-state index contributed by atoms with van der Waals surface area (Å²) in [5.74, 6) is 1.62. The predicted molar refractivity (Wildman–Crippen MR) is 77.0 cm³/mol. The first-order valence-corrected chi connectivity index (χ1v) is 6.13. The lowest BCUT2D eigenvalue weighted by Gasteiger charge is -2.15. The summed E-state index contributed by atoms with van der Waals surface area (Å²) in [6.45, 7) is 2.06. The van der Waals surface area contributed by atoms with Gasteiger partial charge < -0.3 is 9.47 Å². The highest BCUT2D eigenvalue weighted by Gasteiger charge is 2.14. The van der Waals surface area contributed by atoms with Gasteiger partial charge in [0.2, 0.25) is 0 Å². The third kappa shape index (κ3) is 2.31. The SMILES string of the molecule is COc1cccc(OC)c1-c1ccc(S)cc1C. The third-order valence-electron chi connectivity index (χ3n) is 2.91. The van der Waals surface area contributed by atoms with Crippen molar-refractivity contribution in [3.05, 3.63) is 42.0 Å². The molecule has 0 saturated heterocycles. The molecule has 0 fully saturated rings. The highest BCUT2D eigenvalue weighted by atomic mass is 32.1. The van der Waals surface area contributed by atoms with Gasteiger partial charge >= 0.3 is 0 Å². The molecule has 0 bridgehead atoms. The predicted octanol–water partition coefficient (Wildman–Crippen LogP) is 3.97. The van der Waals surface area contributed by atoms with Gasteiger partial charge in [-0.3, -0.25) is 0 Å². The minimum atomic E-state index is 0.810. The maximum atomic E-state index is 5.43. The second-order valence-corrected chi connectivity index (χ2v) is 4.55. The molecule has 0 aromatic heterocycles. The molecule has 94 valence electrons. The number of rotatable bonds is 3. The standard InChI is InChI=1S/C15H16O2S/c1-10-9-11(18)7-8-12(10)15-13(16-2)5-4-6-14(15)17-3/h4-9,18H,1-3H3. The van der Waals surface area contributed by atoms with E-state index in [4.69, 9.17) is 9.47 Å². The largest absolute Gasteiger partial charge is 0.496 e. The van der Waals surface area contributed by atoms with Crippen LogP contribution in [0.5, 0.6) is 11.5 Å². The van der Waals surface area contributed by atoms with Gasteiger partial charge in [0.25, 0.3) is 0 Å². The minimum Gasteiger partial charge on any atom is -0.496 e. The van der Waals surface area contributed by atoms with E-state index in [0.717, 1.165) is 33.1 Å². The van der Waals surface area contributed by atoms with E-state index >= 15 is 0 Å². The van der Waals surface area contributed by atoms with Gasteiger partial charge in [-0.2, -0.15) is 0 Å². The van der Waals surface area contributed by atoms with E-state index in [1.165, 1.54) is 0 Å². The van der Waals surface area contributed by atoms with Crippen LogP contribution in [-0.4, -0.2) is 14.2 Å². The van der Waals surface area contributed by atoms with Crippen molar-refractivity contribution < 1.29 is 9.47 Å². The Bertz CT molecular complexity index is 542. The molecular weight excluding hydrogens is 244 g/mol. The lowest BCUT2D eigenvalue weighted by atomic mass is 9.99. The average Bonchev–Trinajstić information content (AvgIpc) is 2.38. The zero-order valence-electron chi connectivity index (χ0n) is 10.7. The van der Waals surface area contributed by atoms with E-state index in [-0.39, 0.29) is 0 Å². The van der Waals surface area contributed by atoms with Gasteiger partial charge in [-0.1, -0.05) is 12.1 Å². The summed E-state index contributed by atoms with van der Waals surface area (Å²) < 4.78 is 10.9. The van der Waals surface area contributed by atoms with E-state index in [2.05, 4.69) is 19.6 Å². The first kappa shape index (κ1) is 12.8. The molecule has 0 amide bonds. The Morgan fingerprint density at radius 3 is 2.06 bits per heavy atom. The highest BCUT2D eigenvalue weighted by Crippen LogP contribution is 2.40. The molecule has 0 unspecified atom stereocenters. The smallest absolute Gasteiger partial charge is 0.130 e. The van der Waals surface area contributed by atoms with E-state index in [0.29, 0.717) is 0 Å². The van der Waals surface area contributed by atoms with Crippen molar-refractivity contribution in [2.45, 2.75) is 11.8 Å². The third-order valence-corrected chi connectivity index (χ3v) is 3.19. The number of methoxy groups -OCH3 is 2. The van der Waals surface area contributed by atoms with Crippen LogP contribution in [0, 0.1) is 6.92 Å². The molecule has 18 heavy (non-hydrogen) atoms. The van der Waals surface area contributed by atoms with Crippen LogP contribution in [0.2, 0.25) is 0 Å². The van der Waals surface area contributed by atoms with Crippen LogP contribution in [0.3, 0.4) is 0 Å². The Morgan fingerprint density at radius 1 is 0.944 bits per heavy atom. The number of thiol groups is 1. The summed E-state index contributed by atoms with van der Waals surface area (Å²) in [5.41, 5.74) is 3.22. The van der Waals surface area contributed by atoms with Crippen molar-refractivity contribution in [3.8, 4) is 22.6 Å².